The number of amides is 3. The fourth-order valence-corrected chi connectivity index (χ4v) is 2.61. The monoisotopic (exact) mass is 348 g/mol. The average molecular weight is 349 g/mol. The predicted molar refractivity (Wildman–Crippen MR) is 73.0 cm³/mol. The van der Waals surface area contributed by atoms with Crippen LogP contribution in [0.25, 0.3) is 0 Å². The van der Waals surface area contributed by atoms with E-state index in [9.17, 15) is 9.59 Å². The maximum atomic E-state index is 12.1. The molecule has 0 aromatic carbocycles. The standard InChI is InChI=1S/C12H17BrN2O5/c1-3-19-10-12(2,13)9(17)14-11(18)15(10)8-5-4-7(6-16)20-8/h4-5,7-8,10,16H,3,6H2,1-2H3,(H,14,17,18)/t7-,8+,10-,12+/m0/s1. The normalized spacial score (nSPS) is 37.4. The molecular formula is C12H17BrN2O5. The molecule has 2 aliphatic heterocycles. The van der Waals surface area contributed by atoms with Gasteiger partial charge in [0.05, 0.1) is 6.61 Å². The van der Waals surface area contributed by atoms with Crippen LogP contribution in [0.15, 0.2) is 12.2 Å². The Bertz CT molecular complexity index is 440. The lowest BCUT2D eigenvalue weighted by Gasteiger charge is -2.44. The topological polar surface area (TPSA) is 88.1 Å². The van der Waals surface area contributed by atoms with E-state index in [-0.39, 0.29) is 6.61 Å². The first kappa shape index (κ1) is 15.4. The third-order valence-electron chi connectivity index (χ3n) is 3.20. The number of imide groups is 1. The van der Waals surface area contributed by atoms with Crippen LogP contribution >= 0.6 is 15.9 Å². The number of alkyl halides is 1. The van der Waals surface area contributed by atoms with Crippen LogP contribution in [-0.2, 0) is 14.3 Å². The van der Waals surface area contributed by atoms with Crippen molar-refractivity contribution >= 4 is 27.9 Å². The number of carbonyl (C=O) groups is 2. The van der Waals surface area contributed by atoms with Gasteiger partial charge in [-0.1, -0.05) is 22.0 Å². The molecule has 0 aliphatic carbocycles. The molecule has 1 saturated heterocycles. The minimum absolute atomic E-state index is 0.174. The summed E-state index contributed by atoms with van der Waals surface area (Å²) in [5.74, 6) is -0.460. The Hall–Kier alpha value is -0.960. The maximum absolute atomic E-state index is 12.1. The van der Waals surface area contributed by atoms with E-state index >= 15 is 0 Å². The Labute approximate surface area is 125 Å². The SMILES string of the molecule is CCO[C@@H]1N([C@H]2C=C[C@@H](CO)O2)C(=O)NC(=O)[C@@]1(C)Br. The zero-order valence-corrected chi connectivity index (χ0v) is 12.8. The number of nitrogens with one attached hydrogen (secondary N) is 1. The van der Waals surface area contributed by atoms with Crippen LogP contribution in [0.2, 0.25) is 0 Å². The second-order valence-electron chi connectivity index (χ2n) is 4.68. The summed E-state index contributed by atoms with van der Waals surface area (Å²) in [4.78, 5) is 25.3. The molecule has 2 aliphatic rings. The molecule has 0 spiro atoms. The second-order valence-corrected chi connectivity index (χ2v) is 6.33. The number of halogens is 1. The number of ether oxygens (including phenoxy) is 2. The molecule has 1 fully saturated rings. The summed E-state index contributed by atoms with van der Waals surface area (Å²) >= 11 is 3.31. The molecule has 0 aromatic heterocycles. The van der Waals surface area contributed by atoms with Crippen LogP contribution in [0, 0.1) is 0 Å². The van der Waals surface area contributed by atoms with Gasteiger partial charge in [0.25, 0.3) is 0 Å². The van der Waals surface area contributed by atoms with E-state index in [1.165, 1.54) is 4.90 Å². The van der Waals surface area contributed by atoms with Gasteiger partial charge in [-0.25, -0.2) is 4.79 Å². The molecule has 7 nitrogen and oxygen atoms in total. The van der Waals surface area contributed by atoms with Crippen LogP contribution in [0.1, 0.15) is 13.8 Å². The van der Waals surface area contributed by atoms with Crippen LogP contribution < -0.4 is 5.32 Å². The van der Waals surface area contributed by atoms with Crippen molar-refractivity contribution < 1.29 is 24.2 Å². The zero-order valence-electron chi connectivity index (χ0n) is 11.2. The largest absolute Gasteiger partial charge is 0.393 e. The number of carbonyl (C=O) groups excluding carboxylic acids is 2. The van der Waals surface area contributed by atoms with E-state index < -0.39 is 34.8 Å². The summed E-state index contributed by atoms with van der Waals surface area (Å²) in [5, 5.41) is 11.3. The summed E-state index contributed by atoms with van der Waals surface area (Å²) in [6, 6.07) is -0.585. The molecule has 0 unspecified atom stereocenters. The summed E-state index contributed by atoms with van der Waals surface area (Å²) in [6.07, 6.45) is 1.37. The molecule has 0 bridgehead atoms. The van der Waals surface area contributed by atoms with Crippen molar-refractivity contribution in [2.75, 3.05) is 13.2 Å². The third-order valence-corrected chi connectivity index (χ3v) is 3.95. The van der Waals surface area contributed by atoms with Crippen molar-refractivity contribution in [3.8, 4) is 0 Å². The lowest BCUT2D eigenvalue weighted by molar-refractivity contribution is -0.153. The van der Waals surface area contributed by atoms with Gasteiger partial charge in [0.15, 0.2) is 12.5 Å². The molecule has 8 heteroatoms. The molecule has 2 N–H and O–H groups in total. The molecule has 2 rings (SSSR count). The lowest BCUT2D eigenvalue weighted by Crippen LogP contribution is -2.69. The molecular weight excluding hydrogens is 332 g/mol. The first-order valence-corrected chi connectivity index (χ1v) is 7.10. The lowest BCUT2D eigenvalue weighted by atomic mass is 10.1. The maximum Gasteiger partial charge on any atom is 0.328 e. The van der Waals surface area contributed by atoms with Gasteiger partial charge in [-0.2, -0.15) is 0 Å². The molecule has 0 radical (unpaired) electrons. The van der Waals surface area contributed by atoms with Gasteiger partial charge in [0.1, 0.15) is 10.4 Å². The Kier molecular flexibility index (Phi) is 4.48. The van der Waals surface area contributed by atoms with Crippen molar-refractivity contribution in [1.29, 1.82) is 0 Å². The first-order chi connectivity index (χ1) is 9.41. The van der Waals surface area contributed by atoms with Gasteiger partial charge in [0, 0.05) is 6.61 Å². The summed E-state index contributed by atoms with van der Waals surface area (Å²) in [5.41, 5.74) is 0. The van der Waals surface area contributed by atoms with Crippen LogP contribution in [0.3, 0.4) is 0 Å². The van der Waals surface area contributed by atoms with E-state index in [0.717, 1.165) is 0 Å². The Balaban J connectivity index is 2.26. The summed E-state index contributed by atoms with van der Waals surface area (Å²) < 4.78 is 9.99. The zero-order chi connectivity index (χ0) is 14.9. The molecule has 4 atom stereocenters. The number of hydrogen-bond donors (Lipinski definition) is 2. The smallest absolute Gasteiger partial charge is 0.328 e. The Morgan fingerprint density at radius 3 is 2.80 bits per heavy atom. The minimum atomic E-state index is -1.08. The van der Waals surface area contributed by atoms with E-state index in [1.54, 1.807) is 26.0 Å². The number of rotatable bonds is 4. The highest BCUT2D eigenvalue weighted by atomic mass is 79.9. The average Bonchev–Trinajstić information content (AvgIpc) is 2.85. The molecule has 0 aromatic rings. The van der Waals surface area contributed by atoms with E-state index in [4.69, 9.17) is 14.6 Å². The van der Waals surface area contributed by atoms with E-state index in [2.05, 4.69) is 21.2 Å². The highest BCUT2D eigenvalue weighted by molar-refractivity contribution is 9.10. The Morgan fingerprint density at radius 1 is 1.55 bits per heavy atom. The number of urea groups is 1. The molecule has 0 saturated carbocycles. The van der Waals surface area contributed by atoms with Crippen LogP contribution in [0.5, 0.6) is 0 Å². The first-order valence-electron chi connectivity index (χ1n) is 6.30. The molecule has 2 heterocycles. The van der Waals surface area contributed by atoms with Gasteiger partial charge < -0.3 is 14.6 Å². The number of nitrogens with zero attached hydrogens (tertiary/aromatic N) is 1. The number of hydrogen-bond acceptors (Lipinski definition) is 5. The quantitative estimate of drug-likeness (QED) is 0.564. The van der Waals surface area contributed by atoms with Gasteiger partial charge in [-0.15, -0.1) is 0 Å². The van der Waals surface area contributed by atoms with Gasteiger partial charge in [-0.05, 0) is 19.9 Å². The third kappa shape index (κ3) is 2.60. The van der Waals surface area contributed by atoms with Crippen molar-refractivity contribution in [1.82, 2.24) is 10.2 Å². The summed E-state index contributed by atoms with van der Waals surface area (Å²) in [6.45, 7) is 3.57. The highest BCUT2D eigenvalue weighted by Gasteiger charge is 2.52. The van der Waals surface area contributed by atoms with Gasteiger partial charge >= 0.3 is 6.03 Å². The highest BCUT2D eigenvalue weighted by Crippen LogP contribution is 2.33. The van der Waals surface area contributed by atoms with Crippen molar-refractivity contribution in [2.24, 2.45) is 0 Å². The minimum Gasteiger partial charge on any atom is -0.393 e. The van der Waals surface area contributed by atoms with Crippen LogP contribution in [-0.4, -0.2) is 58.0 Å². The van der Waals surface area contributed by atoms with Crippen molar-refractivity contribution in [3.63, 3.8) is 0 Å². The second kappa shape index (κ2) is 5.80. The van der Waals surface area contributed by atoms with Gasteiger partial charge in [-0.3, -0.25) is 15.0 Å². The van der Waals surface area contributed by atoms with E-state index in [0.29, 0.717) is 6.61 Å². The summed E-state index contributed by atoms with van der Waals surface area (Å²) in [7, 11) is 0. The predicted octanol–water partition coefficient (Wildman–Crippen LogP) is 0.328. The fraction of sp³-hybridized carbons (Fsp3) is 0.667. The van der Waals surface area contributed by atoms with Crippen molar-refractivity contribution in [3.05, 3.63) is 12.2 Å². The molecule has 3 amide bonds. The number of aliphatic hydroxyl groups is 1. The van der Waals surface area contributed by atoms with Crippen LogP contribution in [0.4, 0.5) is 4.79 Å². The molecule has 112 valence electrons. The fourth-order valence-electron chi connectivity index (χ4n) is 2.16. The van der Waals surface area contributed by atoms with E-state index in [1.807, 2.05) is 0 Å². The Morgan fingerprint density at radius 2 is 2.25 bits per heavy atom. The number of aliphatic hydroxyl groups excluding tert-OH is 1. The van der Waals surface area contributed by atoms with Crippen molar-refractivity contribution in [2.45, 2.75) is 36.7 Å². The molecule has 20 heavy (non-hydrogen) atoms. The van der Waals surface area contributed by atoms with Gasteiger partial charge in [0.2, 0.25) is 5.91 Å².